The molecule has 23 heavy (non-hydrogen) atoms. The average Bonchev–Trinajstić information content (AvgIpc) is 2.46. The van der Waals surface area contributed by atoms with Gasteiger partial charge in [-0.1, -0.05) is 18.6 Å². The number of halogens is 3. The van der Waals surface area contributed by atoms with Gasteiger partial charge in [0.1, 0.15) is 5.69 Å². The molecule has 1 rings (SSSR count). The Morgan fingerprint density at radius 1 is 1.22 bits per heavy atom. The number of pyridine rings is 1. The van der Waals surface area contributed by atoms with Crippen LogP contribution in [0.25, 0.3) is 0 Å². The minimum Gasteiger partial charge on any atom is -0.353 e. The quantitative estimate of drug-likeness (QED) is 0.717. The van der Waals surface area contributed by atoms with Crippen molar-refractivity contribution < 1.29 is 13.2 Å². The van der Waals surface area contributed by atoms with E-state index in [9.17, 15) is 13.2 Å². The fourth-order valence-electron chi connectivity index (χ4n) is 1.71. The van der Waals surface area contributed by atoms with Crippen molar-refractivity contribution in [2.75, 3.05) is 5.32 Å². The van der Waals surface area contributed by atoms with Crippen LogP contribution < -0.4 is 5.32 Å². The number of anilines is 1. The maximum Gasteiger partial charge on any atom is 0.433 e. The fourth-order valence-corrected chi connectivity index (χ4v) is 1.71. The van der Waals surface area contributed by atoms with Gasteiger partial charge in [0.15, 0.2) is 0 Å². The third-order valence-electron chi connectivity index (χ3n) is 3.19. The van der Waals surface area contributed by atoms with Crippen molar-refractivity contribution in [3.05, 3.63) is 47.1 Å². The standard InChI is InChI=1S/C17H22F3N3/c1-6-7-15(13(5)22-12(4)11(2)3)23-14-8-9-16(21-10-14)17(18,19)20/h7-10,23H,6H2,1-5H3/b15-7-,22-13?. The number of alkyl halides is 3. The lowest BCUT2D eigenvalue weighted by Crippen LogP contribution is -2.11. The van der Waals surface area contributed by atoms with E-state index in [0.29, 0.717) is 5.69 Å². The minimum absolute atomic E-state index is 0.488. The lowest BCUT2D eigenvalue weighted by molar-refractivity contribution is -0.141. The highest BCUT2D eigenvalue weighted by Gasteiger charge is 2.32. The number of nitrogens with zero attached hydrogens (tertiary/aromatic N) is 2. The van der Waals surface area contributed by atoms with Gasteiger partial charge in [-0.25, -0.2) is 4.98 Å². The molecular formula is C17H22F3N3. The second-order valence-corrected chi connectivity index (χ2v) is 5.36. The number of hydrogen-bond donors (Lipinski definition) is 1. The Labute approximate surface area is 135 Å². The Morgan fingerprint density at radius 3 is 2.30 bits per heavy atom. The van der Waals surface area contributed by atoms with E-state index in [1.54, 1.807) is 0 Å². The SMILES string of the molecule is CC/C=C(\Nc1ccc(C(F)(F)F)nc1)C(C)=NC(C)=C(C)C. The Balaban J connectivity index is 3.02. The summed E-state index contributed by atoms with van der Waals surface area (Å²) in [6, 6.07) is 2.32. The van der Waals surface area contributed by atoms with Crippen LogP contribution in [0, 0.1) is 0 Å². The van der Waals surface area contributed by atoms with Crippen molar-refractivity contribution >= 4 is 11.4 Å². The molecule has 0 amide bonds. The summed E-state index contributed by atoms with van der Waals surface area (Å²) in [5, 5.41) is 3.08. The Hall–Kier alpha value is -2.11. The van der Waals surface area contributed by atoms with Crippen LogP contribution in [0.4, 0.5) is 18.9 Å². The zero-order valence-electron chi connectivity index (χ0n) is 14.0. The molecular weight excluding hydrogens is 303 g/mol. The van der Waals surface area contributed by atoms with Crippen LogP contribution in [-0.2, 0) is 6.18 Å². The molecule has 0 aliphatic heterocycles. The molecule has 1 aromatic rings. The van der Waals surface area contributed by atoms with E-state index in [1.165, 1.54) is 12.3 Å². The number of rotatable bonds is 5. The van der Waals surface area contributed by atoms with Crippen molar-refractivity contribution in [3.63, 3.8) is 0 Å². The van der Waals surface area contributed by atoms with Gasteiger partial charge in [0.05, 0.1) is 23.3 Å². The molecule has 0 atom stereocenters. The van der Waals surface area contributed by atoms with Gasteiger partial charge in [-0.05, 0) is 46.2 Å². The highest BCUT2D eigenvalue weighted by Crippen LogP contribution is 2.28. The third kappa shape index (κ3) is 5.88. The van der Waals surface area contributed by atoms with Gasteiger partial charge in [0.25, 0.3) is 0 Å². The number of nitrogens with one attached hydrogen (secondary N) is 1. The Kier molecular flexibility index (Phi) is 6.54. The van der Waals surface area contributed by atoms with Gasteiger partial charge >= 0.3 is 6.18 Å². The molecule has 0 radical (unpaired) electrons. The van der Waals surface area contributed by atoms with Crippen LogP contribution in [0.3, 0.4) is 0 Å². The zero-order valence-corrected chi connectivity index (χ0v) is 14.0. The molecule has 6 heteroatoms. The van der Waals surface area contributed by atoms with Crippen LogP contribution in [-0.4, -0.2) is 10.7 Å². The highest BCUT2D eigenvalue weighted by atomic mass is 19.4. The maximum absolute atomic E-state index is 12.5. The van der Waals surface area contributed by atoms with Crippen LogP contribution in [0.1, 0.15) is 46.7 Å². The molecule has 0 spiro atoms. The molecule has 0 aromatic carbocycles. The van der Waals surface area contributed by atoms with Crippen LogP contribution in [0.2, 0.25) is 0 Å². The summed E-state index contributed by atoms with van der Waals surface area (Å²) in [6.07, 6.45) is -0.544. The first-order valence-corrected chi connectivity index (χ1v) is 7.35. The Bertz CT molecular complexity index is 619. The molecule has 0 unspecified atom stereocenters. The normalized spacial score (nSPS) is 13.0. The largest absolute Gasteiger partial charge is 0.433 e. The number of allylic oxidation sites excluding steroid dienone is 4. The monoisotopic (exact) mass is 325 g/mol. The van der Waals surface area contributed by atoms with E-state index >= 15 is 0 Å². The summed E-state index contributed by atoms with van der Waals surface area (Å²) >= 11 is 0. The topological polar surface area (TPSA) is 37.3 Å². The average molecular weight is 325 g/mol. The smallest absolute Gasteiger partial charge is 0.353 e. The maximum atomic E-state index is 12.5. The van der Waals surface area contributed by atoms with Crippen molar-refractivity contribution in [1.82, 2.24) is 4.98 Å². The predicted octanol–water partition coefficient (Wildman–Crippen LogP) is 5.58. The van der Waals surface area contributed by atoms with E-state index in [1.807, 2.05) is 40.7 Å². The summed E-state index contributed by atoms with van der Waals surface area (Å²) in [7, 11) is 0. The first-order chi connectivity index (χ1) is 10.6. The molecule has 1 heterocycles. The molecule has 0 saturated heterocycles. The lowest BCUT2D eigenvalue weighted by Gasteiger charge is -2.12. The van der Waals surface area contributed by atoms with Gasteiger partial charge in [-0.3, -0.25) is 4.99 Å². The summed E-state index contributed by atoms with van der Waals surface area (Å²) in [5.74, 6) is 0. The lowest BCUT2D eigenvalue weighted by atomic mass is 10.2. The highest BCUT2D eigenvalue weighted by molar-refractivity contribution is 6.01. The molecule has 3 nitrogen and oxygen atoms in total. The van der Waals surface area contributed by atoms with Crippen LogP contribution >= 0.6 is 0 Å². The molecule has 1 aromatic heterocycles. The molecule has 0 fully saturated rings. The van der Waals surface area contributed by atoms with Gasteiger partial charge in [0, 0.05) is 5.70 Å². The first-order valence-electron chi connectivity index (χ1n) is 7.35. The summed E-state index contributed by atoms with van der Waals surface area (Å²) in [6.45, 7) is 9.71. The molecule has 0 aliphatic carbocycles. The van der Waals surface area contributed by atoms with Gasteiger partial charge in [-0.15, -0.1) is 0 Å². The van der Waals surface area contributed by atoms with Crippen molar-refractivity contribution in [2.24, 2.45) is 4.99 Å². The molecule has 0 saturated carbocycles. The van der Waals surface area contributed by atoms with Crippen molar-refractivity contribution in [3.8, 4) is 0 Å². The van der Waals surface area contributed by atoms with Gasteiger partial charge in [-0.2, -0.15) is 13.2 Å². The second-order valence-electron chi connectivity index (χ2n) is 5.36. The van der Waals surface area contributed by atoms with E-state index in [-0.39, 0.29) is 0 Å². The first kappa shape index (κ1) is 18.9. The van der Waals surface area contributed by atoms with Crippen molar-refractivity contribution in [1.29, 1.82) is 0 Å². The molecule has 1 N–H and O–H groups in total. The Morgan fingerprint density at radius 2 is 1.87 bits per heavy atom. The van der Waals surface area contributed by atoms with Crippen LogP contribution in [0.5, 0.6) is 0 Å². The fraction of sp³-hybridized carbons (Fsp3) is 0.412. The van der Waals surface area contributed by atoms with Gasteiger partial charge < -0.3 is 5.32 Å². The summed E-state index contributed by atoms with van der Waals surface area (Å²) < 4.78 is 37.6. The molecule has 0 bridgehead atoms. The molecule has 0 aliphatic rings. The zero-order chi connectivity index (χ0) is 17.6. The van der Waals surface area contributed by atoms with E-state index in [4.69, 9.17) is 0 Å². The molecule has 126 valence electrons. The second kappa shape index (κ2) is 7.94. The summed E-state index contributed by atoms with van der Waals surface area (Å²) in [4.78, 5) is 7.96. The van der Waals surface area contributed by atoms with E-state index in [0.717, 1.165) is 35.2 Å². The third-order valence-corrected chi connectivity index (χ3v) is 3.19. The van der Waals surface area contributed by atoms with Crippen molar-refractivity contribution in [2.45, 2.75) is 47.2 Å². The summed E-state index contributed by atoms with van der Waals surface area (Å²) in [5.41, 5.74) is 3.13. The van der Waals surface area contributed by atoms with E-state index < -0.39 is 11.9 Å². The van der Waals surface area contributed by atoms with E-state index in [2.05, 4.69) is 15.3 Å². The van der Waals surface area contributed by atoms with Gasteiger partial charge in [0.2, 0.25) is 0 Å². The number of hydrogen-bond acceptors (Lipinski definition) is 3. The number of aromatic nitrogens is 1. The predicted molar refractivity (Wildman–Crippen MR) is 88.4 cm³/mol. The van der Waals surface area contributed by atoms with Crippen LogP contribution in [0.15, 0.2) is 46.4 Å². The minimum atomic E-state index is -4.43. The number of aliphatic imine (C=N–C) groups is 1.